The number of benzene rings is 2. The Kier molecular flexibility index (Phi) is 6.21. The largest absolute Gasteiger partial charge is 0.206 e. The second-order valence-corrected chi connectivity index (χ2v) is 5.37. The number of hydrogen-bond donors (Lipinski definition) is 0. The average molecular weight is 282 g/mol. The summed E-state index contributed by atoms with van der Waals surface area (Å²) in [4.78, 5) is 0. The van der Waals surface area contributed by atoms with Crippen LogP contribution in [-0.4, -0.2) is 0 Å². The molecule has 0 aliphatic carbocycles. The van der Waals surface area contributed by atoms with E-state index in [-0.39, 0.29) is 5.82 Å². The molecule has 0 nitrogen and oxygen atoms in total. The monoisotopic (exact) mass is 282 g/mol. The van der Waals surface area contributed by atoms with Gasteiger partial charge in [-0.15, -0.1) is 0 Å². The van der Waals surface area contributed by atoms with Gasteiger partial charge in [0.05, 0.1) is 0 Å². The molecule has 2 aromatic rings. The van der Waals surface area contributed by atoms with Crippen LogP contribution in [0.1, 0.15) is 50.2 Å². The molecule has 0 aliphatic heterocycles. The van der Waals surface area contributed by atoms with Crippen molar-refractivity contribution in [2.45, 2.75) is 39.0 Å². The molecule has 0 atom stereocenters. The maximum Gasteiger partial charge on any atom is 0.130 e. The van der Waals surface area contributed by atoms with Crippen LogP contribution in [0.2, 0.25) is 0 Å². The van der Waals surface area contributed by atoms with Gasteiger partial charge in [0.1, 0.15) is 5.82 Å². The summed E-state index contributed by atoms with van der Waals surface area (Å²) in [5.74, 6) is -0.153. The van der Waals surface area contributed by atoms with Crippen molar-refractivity contribution in [3.8, 4) is 0 Å². The fourth-order valence-corrected chi connectivity index (χ4v) is 2.47. The van der Waals surface area contributed by atoms with E-state index in [0.717, 1.165) is 12.8 Å². The van der Waals surface area contributed by atoms with Gasteiger partial charge in [0, 0.05) is 5.56 Å². The first kappa shape index (κ1) is 15.5. The third kappa shape index (κ3) is 4.86. The zero-order valence-corrected chi connectivity index (χ0v) is 12.7. The van der Waals surface area contributed by atoms with E-state index in [4.69, 9.17) is 0 Å². The molecule has 2 rings (SSSR count). The standard InChI is InChI=1S/C20H23F/c1-2-3-4-6-13-18(17-11-7-5-8-12-17)16-19-14-9-10-15-20(19)21/h5,7-12,14-16H,2-4,6,13H2,1H3/b18-16+. The molecule has 0 saturated heterocycles. The van der Waals surface area contributed by atoms with Crippen LogP contribution < -0.4 is 0 Å². The summed E-state index contributed by atoms with van der Waals surface area (Å²) in [7, 11) is 0. The highest BCUT2D eigenvalue weighted by Crippen LogP contribution is 2.25. The highest BCUT2D eigenvalue weighted by molar-refractivity contribution is 5.81. The van der Waals surface area contributed by atoms with Crippen LogP contribution in [0.5, 0.6) is 0 Å². The lowest BCUT2D eigenvalue weighted by molar-refractivity contribution is 0.625. The lowest BCUT2D eigenvalue weighted by Gasteiger charge is -2.09. The molecule has 0 spiro atoms. The maximum atomic E-state index is 13.9. The minimum Gasteiger partial charge on any atom is -0.206 e. The number of hydrogen-bond acceptors (Lipinski definition) is 0. The highest BCUT2D eigenvalue weighted by Gasteiger charge is 2.04. The van der Waals surface area contributed by atoms with Crippen molar-refractivity contribution in [1.29, 1.82) is 0 Å². The topological polar surface area (TPSA) is 0 Å². The molecular weight excluding hydrogens is 259 g/mol. The molecule has 0 N–H and O–H groups in total. The minimum atomic E-state index is -0.153. The zero-order chi connectivity index (χ0) is 14.9. The van der Waals surface area contributed by atoms with Crippen LogP contribution in [0.3, 0.4) is 0 Å². The molecule has 0 saturated carbocycles. The third-order valence-electron chi connectivity index (χ3n) is 3.68. The lowest BCUT2D eigenvalue weighted by atomic mass is 9.97. The SMILES string of the molecule is CCCCCC/C(=C\c1ccccc1F)c1ccccc1. The Balaban J connectivity index is 2.21. The van der Waals surface area contributed by atoms with E-state index in [2.05, 4.69) is 19.1 Å². The molecule has 0 heterocycles. The predicted molar refractivity (Wildman–Crippen MR) is 89.5 cm³/mol. The van der Waals surface area contributed by atoms with Gasteiger partial charge >= 0.3 is 0 Å². The molecule has 0 fully saturated rings. The van der Waals surface area contributed by atoms with Crippen molar-refractivity contribution in [3.05, 3.63) is 71.5 Å². The smallest absolute Gasteiger partial charge is 0.130 e. The van der Waals surface area contributed by atoms with Crippen molar-refractivity contribution in [2.24, 2.45) is 0 Å². The summed E-state index contributed by atoms with van der Waals surface area (Å²) < 4.78 is 13.9. The Bertz CT molecular complexity index is 569. The van der Waals surface area contributed by atoms with Crippen LogP contribution in [0.25, 0.3) is 11.6 Å². The quantitative estimate of drug-likeness (QED) is 0.411. The first-order valence-corrected chi connectivity index (χ1v) is 7.82. The summed E-state index contributed by atoms with van der Waals surface area (Å²) in [6.07, 6.45) is 7.88. The molecule has 0 unspecified atom stereocenters. The third-order valence-corrected chi connectivity index (χ3v) is 3.68. The van der Waals surface area contributed by atoms with E-state index in [0.29, 0.717) is 5.56 Å². The van der Waals surface area contributed by atoms with E-state index in [1.165, 1.54) is 36.5 Å². The first-order chi connectivity index (χ1) is 10.3. The molecule has 1 heteroatoms. The lowest BCUT2D eigenvalue weighted by Crippen LogP contribution is -1.88. The fourth-order valence-electron chi connectivity index (χ4n) is 2.47. The van der Waals surface area contributed by atoms with Gasteiger partial charge in [0.25, 0.3) is 0 Å². The van der Waals surface area contributed by atoms with Gasteiger partial charge in [-0.3, -0.25) is 0 Å². The number of rotatable bonds is 7. The molecule has 21 heavy (non-hydrogen) atoms. The number of halogens is 1. The Morgan fingerprint density at radius 2 is 1.62 bits per heavy atom. The van der Waals surface area contributed by atoms with Crippen LogP contribution in [0.15, 0.2) is 54.6 Å². The van der Waals surface area contributed by atoms with Crippen LogP contribution in [0.4, 0.5) is 4.39 Å². The Hall–Kier alpha value is -1.89. The van der Waals surface area contributed by atoms with Crippen molar-refractivity contribution < 1.29 is 4.39 Å². The Morgan fingerprint density at radius 1 is 0.905 bits per heavy atom. The summed E-state index contributed by atoms with van der Waals surface area (Å²) >= 11 is 0. The van der Waals surface area contributed by atoms with Crippen molar-refractivity contribution >= 4 is 11.6 Å². The summed E-state index contributed by atoms with van der Waals surface area (Å²) in [6, 6.07) is 17.3. The van der Waals surface area contributed by atoms with Gasteiger partial charge in [0.2, 0.25) is 0 Å². The van der Waals surface area contributed by atoms with Crippen LogP contribution >= 0.6 is 0 Å². The van der Waals surface area contributed by atoms with E-state index >= 15 is 0 Å². The zero-order valence-electron chi connectivity index (χ0n) is 12.7. The molecule has 0 amide bonds. The van der Waals surface area contributed by atoms with Gasteiger partial charge in [-0.05, 0) is 36.1 Å². The van der Waals surface area contributed by atoms with Gasteiger partial charge < -0.3 is 0 Å². The average Bonchev–Trinajstić information content (AvgIpc) is 2.53. The molecule has 0 aromatic heterocycles. The first-order valence-electron chi connectivity index (χ1n) is 7.82. The van der Waals surface area contributed by atoms with Crippen LogP contribution in [0, 0.1) is 5.82 Å². The van der Waals surface area contributed by atoms with E-state index < -0.39 is 0 Å². The van der Waals surface area contributed by atoms with E-state index in [1.807, 2.05) is 36.4 Å². The van der Waals surface area contributed by atoms with Crippen molar-refractivity contribution in [2.75, 3.05) is 0 Å². The Morgan fingerprint density at radius 3 is 2.33 bits per heavy atom. The summed E-state index contributed by atoms with van der Waals surface area (Å²) in [5.41, 5.74) is 3.08. The number of unbranched alkanes of at least 4 members (excludes halogenated alkanes) is 3. The van der Waals surface area contributed by atoms with E-state index in [9.17, 15) is 4.39 Å². The molecule has 0 bridgehead atoms. The highest BCUT2D eigenvalue weighted by atomic mass is 19.1. The molecular formula is C20H23F. The summed E-state index contributed by atoms with van der Waals surface area (Å²) in [5, 5.41) is 0. The van der Waals surface area contributed by atoms with Gasteiger partial charge in [0.15, 0.2) is 0 Å². The summed E-state index contributed by atoms with van der Waals surface area (Å²) in [6.45, 7) is 2.22. The van der Waals surface area contributed by atoms with Crippen molar-refractivity contribution in [1.82, 2.24) is 0 Å². The Labute approximate surface area is 127 Å². The molecule has 0 radical (unpaired) electrons. The normalized spacial score (nSPS) is 11.6. The van der Waals surface area contributed by atoms with Gasteiger partial charge in [-0.2, -0.15) is 0 Å². The minimum absolute atomic E-state index is 0.153. The molecule has 2 aromatic carbocycles. The van der Waals surface area contributed by atoms with Gasteiger partial charge in [-0.25, -0.2) is 4.39 Å². The van der Waals surface area contributed by atoms with E-state index in [1.54, 1.807) is 6.07 Å². The second kappa shape index (κ2) is 8.41. The molecule has 0 aliphatic rings. The van der Waals surface area contributed by atoms with Crippen molar-refractivity contribution in [3.63, 3.8) is 0 Å². The number of allylic oxidation sites excluding steroid dienone is 1. The fraction of sp³-hybridized carbons (Fsp3) is 0.300. The van der Waals surface area contributed by atoms with Crippen LogP contribution in [-0.2, 0) is 0 Å². The predicted octanol–water partition coefficient (Wildman–Crippen LogP) is 6.34. The van der Waals surface area contributed by atoms with Gasteiger partial charge in [-0.1, -0.05) is 74.7 Å². The molecule has 110 valence electrons. The maximum absolute atomic E-state index is 13.9. The second-order valence-electron chi connectivity index (χ2n) is 5.37.